The molecule has 0 saturated heterocycles. The normalized spacial score (nSPS) is 13.1. The lowest BCUT2D eigenvalue weighted by Crippen LogP contribution is -1.86. The van der Waals surface area contributed by atoms with E-state index >= 15 is 0 Å². The molecule has 1 unspecified atom stereocenters. The van der Waals surface area contributed by atoms with Crippen molar-refractivity contribution in [1.29, 1.82) is 0 Å². The molecule has 0 radical (unpaired) electrons. The summed E-state index contributed by atoms with van der Waals surface area (Å²) in [5.74, 6) is 0. The second-order valence-electron chi connectivity index (χ2n) is 2.78. The van der Waals surface area contributed by atoms with Crippen LogP contribution in [0.4, 0.5) is 0 Å². The summed E-state index contributed by atoms with van der Waals surface area (Å²) in [5.41, 5.74) is 1.06. The molecule has 6 heteroatoms. The van der Waals surface area contributed by atoms with Gasteiger partial charge < -0.3 is 4.42 Å². The molecule has 0 aliphatic rings. The van der Waals surface area contributed by atoms with Gasteiger partial charge in [-0.15, -0.1) is 11.3 Å². The molecule has 0 amide bonds. The van der Waals surface area contributed by atoms with Crippen molar-refractivity contribution in [3.8, 4) is 0 Å². The van der Waals surface area contributed by atoms with E-state index in [1.165, 1.54) is 0 Å². The minimum absolute atomic E-state index is 0.0967. The number of rotatable bonds is 2. The summed E-state index contributed by atoms with van der Waals surface area (Å²) < 4.78 is 6.88. The maximum Gasteiger partial charge on any atom is 0.173 e. The molecule has 2 aromatic heterocycles. The van der Waals surface area contributed by atoms with Crippen molar-refractivity contribution in [2.75, 3.05) is 0 Å². The molecule has 1 atom stereocenters. The Morgan fingerprint density at radius 1 is 1.40 bits per heavy atom. The van der Waals surface area contributed by atoms with Crippen LogP contribution in [0.2, 0.25) is 5.02 Å². The SMILES string of the molecule is Clc1cc(C(Br)c2ccoc2Br)sc1Br. The Kier molecular flexibility index (Phi) is 3.99. The largest absolute Gasteiger partial charge is 0.457 e. The fourth-order valence-corrected chi connectivity index (χ4v) is 4.42. The molecule has 2 aromatic rings. The Labute approximate surface area is 121 Å². The lowest BCUT2D eigenvalue weighted by Gasteiger charge is -2.04. The Balaban J connectivity index is 2.36. The Morgan fingerprint density at radius 3 is 2.60 bits per heavy atom. The molecule has 0 aliphatic heterocycles. The number of halogens is 4. The van der Waals surface area contributed by atoms with Crippen LogP contribution in [0, 0.1) is 0 Å². The quantitative estimate of drug-likeness (QED) is 0.527. The van der Waals surface area contributed by atoms with Gasteiger partial charge in [0.1, 0.15) is 0 Å². The average Bonchev–Trinajstić information content (AvgIpc) is 2.74. The van der Waals surface area contributed by atoms with E-state index in [2.05, 4.69) is 47.8 Å². The van der Waals surface area contributed by atoms with Crippen LogP contribution in [0.5, 0.6) is 0 Å². The number of thiophene rings is 1. The van der Waals surface area contributed by atoms with Crippen molar-refractivity contribution >= 4 is 70.7 Å². The van der Waals surface area contributed by atoms with Gasteiger partial charge in [-0.25, -0.2) is 0 Å². The van der Waals surface area contributed by atoms with Crippen molar-refractivity contribution in [3.05, 3.63) is 42.3 Å². The topological polar surface area (TPSA) is 13.1 Å². The number of furan rings is 1. The summed E-state index contributed by atoms with van der Waals surface area (Å²) in [7, 11) is 0. The first kappa shape index (κ1) is 12.2. The third-order valence-corrected chi connectivity index (χ3v) is 6.31. The highest BCUT2D eigenvalue weighted by Crippen LogP contribution is 2.43. The van der Waals surface area contributed by atoms with Gasteiger partial charge in [-0.2, -0.15) is 0 Å². The van der Waals surface area contributed by atoms with Gasteiger partial charge in [0.2, 0.25) is 0 Å². The fourth-order valence-electron chi connectivity index (χ4n) is 1.13. The third kappa shape index (κ3) is 2.52. The van der Waals surface area contributed by atoms with E-state index in [9.17, 15) is 0 Å². The van der Waals surface area contributed by atoms with Crippen LogP contribution in [0.1, 0.15) is 15.3 Å². The molecular weight excluding hydrogens is 431 g/mol. The van der Waals surface area contributed by atoms with Gasteiger partial charge in [0.25, 0.3) is 0 Å². The van der Waals surface area contributed by atoms with Crippen LogP contribution in [-0.4, -0.2) is 0 Å². The molecule has 0 N–H and O–H groups in total. The lowest BCUT2D eigenvalue weighted by atomic mass is 10.2. The van der Waals surface area contributed by atoms with E-state index in [4.69, 9.17) is 16.0 Å². The van der Waals surface area contributed by atoms with Crippen molar-refractivity contribution < 1.29 is 4.42 Å². The van der Waals surface area contributed by atoms with Crippen molar-refractivity contribution in [2.45, 2.75) is 4.83 Å². The maximum absolute atomic E-state index is 5.98. The van der Waals surface area contributed by atoms with E-state index in [-0.39, 0.29) is 4.83 Å². The predicted molar refractivity (Wildman–Crippen MR) is 74.2 cm³/mol. The summed E-state index contributed by atoms with van der Waals surface area (Å²) in [6, 6.07) is 3.86. The van der Waals surface area contributed by atoms with E-state index < -0.39 is 0 Å². The first-order chi connectivity index (χ1) is 7.09. The summed E-state index contributed by atoms with van der Waals surface area (Å²) in [4.78, 5) is 1.23. The molecule has 0 fully saturated rings. The van der Waals surface area contributed by atoms with Crippen molar-refractivity contribution in [2.24, 2.45) is 0 Å². The van der Waals surface area contributed by atoms with Gasteiger partial charge in [-0.05, 0) is 44.0 Å². The molecule has 0 aliphatic carbocycles. The van der Waals surface area contributed by atoms with Gasteiger partial charge >= 0.3 is 0 Å². The second-order valence-corrected chi connectivity index (χ2v) is 7.23. The van der Waals surface area contributed by atoms with E-state index in [1.54, 1.807) is 17.6 Å². The molecule has 80 valence electrons. The lowest BCUT2D eigenvalue weighted by molar-refractivity contribution is 0.538. The summed E-state index contributed by atoms with van der Waals surface area (Å²) in [6.45, 7) is 0. The Bertz CT molecular complexity index is 460. The highest BCUT2D eigenvalue weighted by molar-refractivity contribution is 9.11. The Morgan fingerprint density at radius 2 is 2.13 bits per heavy atom. The fraction of sp³-hybridized carbons (Fsp3) is 0.111. The first-order valence-corrected chi connectivity index (χ1v) is 7.61. The number of alkyl halides is 1. The summed E-state index contributed by atoms with van der Waals surface area (Å²) in [5, 5.41) is 0.735. The molecule has 0 spiro atoms. The minimum Gasteiger partial charge on any atom is -0.457 e. The zero-order chi connectivity index (χ0) is 11.0. The average molecular weight is 435 g/mol. The molecule has 15 heavy (non-hydrogen) atoms. The van der Waals surface area contributed by atoms with Gasteiger partial charge in [0.05, 0.1) is 19.9 Å². The standard InChI is InChI=1S/C9H4Br3ClOS/c10-7(4-1-2-14-8(4)11)6-3-5(13)9(12)15-6/h1-3,7H. The predicted octanol–water partition coefficient (Wildman–Crippen LogP) is 6.00. The minimum atomic E-state index is 0.0967. The van der Waals surface area contributed by atoms with Crippen molar-refractivity contribution in [1.82, 2.24) is 0 Å². The van der Waals surface area contributed by atoms with E-state index in [0.29, 0.717) is 0 Å². The molecule has 2 rings (SSSR count). The number of hydrogen-bond donors (Lipinski definition) is 0. The number of hydrogen-bond acceptors (Lipinski definition) is 2. The van der Waals surface area contributed by atoms with Crippen LogP contribution in [-0.2, 0) is 0 Å². The highest BCUT2D eigenvalue weighted by atomic mass is 79.9. The van der Waals surface area contributed by atoms with Gasteiger partial charge in [-0.1, -0.05) is 27.5 Å². The van der Waals surface area contributed by atoms with Gasteiger partial charge in [-0.3, -0.25) is 0 Å². The highest BCUT2D eigenvalue weighted by Gasteiger charge is 2.18. The zero-order valence-corrected chi connectivity index (χ0v) is 13.5. The molecular formula is C9H4Br3ClOS. The van der Waals surface area contributed by atoms with Crippen LogP contribution in [0.25, 0.3) is 0 Å². The summed E-state index contributed by atoms with van der Waals surface area (Å²) >= 11 is 17.9. The smallest absolute Gasteiger partial charge is 0.173 e. The maximum atomic E-state index is 5.98. The van der Waals surface area contributed by atoms with E-state index in [1.807, 2.05) is 12.1 Å². The van der Waals surface area contributed by atoms with Crippen LogP contribution >= 0.6 is 70.7 Å². The van der Waals surface area contributed by atoms with Crippen LogP contribution < -0.4 is 0 Å². The van der Waals surface area contributed by atoms with Crippen LogP contribution in [0.3, 0.4) is 0 Å². The molecule has 1 nitrogen and oxygen atoms in total. The first-order valence-electron chi connectivity index (χ1n) is 3.91. The van der Waals surface area contributed by atoms with Crippen molar-refractivity contribution in [3.63, 3.8) is 0 Å². The summed E-state index contributed by atoms with van der Waals surface area (Å²) in [6.07, 6.45) is 1.65. The molecule has 0 saturated carbocycles. The Hall–Kier alpha value is 0.710. The molecule has 0 bridgehead atoms. The zero-order valence-electron chi connectivity index (χ0n) is 7.14. The monoisotopic (exact) mass is 432 g/mol. The third-order valence-electron chi connectivity index (χ3n) is 1.83. The van der Waals surface area contributed by atoms with Gasteiger partial charge in [0.15, 0.2) is 4.67 Å². The second kappa shape index (κ2) is 4.92. The molecule has 2 heterocycles. The van der Waals surface area contributed by atoms with Gasteiger partial charge in [0, 0.05) is 10.4 Å². The molecule has 0 aromatic carbocycles. The van der Waals surface area contributed by atoms with Crippen LogP contribution in [0.15, 0.2) is 31.3 Å². The van der Waals surface area contributed by atoms with E-state index in [0.717, 1.165) is 23.9 Å².